The minimum absolute atomic E-state index is 0.0247. The molecule has 1 aliphatic rings. The summed E-state index contributed by atoms with van der Waals surface area (Å²) in [6.07, 6.45) is 1.88. The molecule has 0 saturated heterocycles. The van der Waals surface area contributed by atoms with Crippen molar-refractivity contribution in [1.29, 1.82) is 0 Å². The first-order chi connectivity index (χ1) is 12.3. The van der Waals surface area contributed by atoms with Crippen LogP contribution in [0.3, 0.4) is 0 Å². The number of carbonyl (C=O) groups excluding carboxylic acids is 3. The summed E-state index contributed by atoms with van der Waals surface area (Å²) in [5.74, 6) is -0.259. The van der Waals surface area contributed by atoms with Crippen LogP contribution in [0.4, 0.5) is 16.4 Å². The van der Waals surface area contributed by atoms with Gasteiger partial charge in [-0.15, -0.1) is 11.3 Å². The molecule has 1 aromatic heterocycles. The number of nitrogens with one attached hydrogen (secondary N) is 3. The molecule has 1 saturated carbocycles. The van der Waals surface area contributed by atoms with E-state index in [1.165, 1.54) is 18.3 Å². The van der Waals surface area contributed by atoms with Gasteiger partial charge >= 0.3 is 0 Å². The number of anilines is 3. The van der Waals surface area contributed by atoms with Crippen LogP contribution in [0.5, 0.6) is 0 Å². The molecular weight excluding hydrogens is 350 g/mol. The van der Waals surface area contributed by atoms with Crippen LogP contribution in [0.2, 0.25) is 0 Å². The molecule has 0 radical (unpaired) electrons. The molecular formula is C19H21N3O3S. The average Bonchev–Trinajstić information content (AvgIpc) is 3.34. The van der Waals surface area contributed by atoms with Gasteiger partial charge in [-0.3, -0.25) is 14.4 Å². The van der Waals surface area contributed by atoms with Crippen molar-refractivity contribution in [3.8, 4) is 0 Å². The Balaban J connectivity index is 1.72. The first-order valence-electron chi connectivity index (χ1n) is 8.44. The lowest BCUT2D eigenvalue weighted by atomic mass is 10.1. The molecule has 0 atom stereocenters. The monoisotopic (exact) mass is 371 g/mol. The molecule has 0 bridgehead atoms. The third-order valence-electron chi connectivity index (χ3n) is 4.12. The van der Waals surface area contributed by atoms with Gasteiger partial charge in [0.1, 0.15) is 0 Å². The minimum Gasteiger partial charge on any atom is -0.326 e. The van der Waals surface area contributed by atoms with E-state index in [1.54, 1.807) is 12.1 Å². The molecule has 1 aliphatic carbocycles. The maximum atomic E-state index is 12.6. The summed E-state index contributed by atoms with van der Waals surface area (Å²) in [6.45, 7) is 5.17. The fourth-order valence-electron chi connectivity index (χ4n) is 2.55. The largest absolute Gasteiger partial charge is 0.326 e. The maximum Gasteiger partial charge on any atom is 0.266 e. The van der Waals surface area contributed by atoms with E-state index in [9.17, 15) is 14.4 Å². The first kappa shape index (κ1) is 18.1. The average molecular weight is 371 g/mol. The lowest BCUT2D eigenvalue weighted by Crippen LogP contribution is -2.13. The van der Waals surface area contributed by atoms with E-state index in [1.807, 2.05) is 26.0 Å². The lowest BCUT2D eigenvalue weighted by molar-refractivity contribution is -0.117. The predicted molar refractivity (Wildman–Crippen MR) is 104 cm³/mol. The summed E-state index contributed by atoms with van der Waals surface area (Å²) in [6, 6.07) is 7.17. The van der Waals surface area contributed by atoms with E-state index in [0.29, 0.717) is 21.3 Å². The van der Waals surface area contributed by atoms with E-state index < -0.39 is 0 Å². The van der Waals surface area contributed by atoms with Gasteiger partial charge in [0.05, 0.1) is 9.88 Å². The Labute approximate surface area is 156 Å². The Kier molecular flexibility index (Phi) is 5.08. The predicted octanol–water partition coefficient (Wildman–Crippen LogP) is 3.92. The van der Waals surface area contributed by atoms with Crippen LogP contribution < -0.4 is 16.0 Å². The summed E-state index contributed by atoms with van der Waals surface area (Å²) in [5.41, 5.74) is 2.99. The zero-order chi connectivity index (χ0) is 18.8. The molecule has 1 aromatic carbocycles. The maximum absolute atomic E-state index is 12.6. The Bertz CT molecular complexity index is 884. The minimum atomic E-state index is -0.239. The summed E-state index contributed by atoms with van der Waals surface area (Å²) < 4.78 is 0. The molecule has 3 rings (SSSR count). The number of thiophene rings is 1. The van der Waals surface area contributed by atoms with Crippen molar-refractivity contribution in [2.24, 2.45) is 5.92 Å². The van der Waals surface area contributed by atoms with Gasteiger partial charge in [-0.2, -0.15) is 0 Å². The van der Waals surface area contributed by atoms with Crippen LogP contribution in [0.15, 0.2) is 24.3 Å². The van der Waals surface area contributed by atoms with E-state index >= 15 is 0 Å². The topological polar surface area (TPSA) is 87.3 Å². The van der Waals surface area contributed by atoms with Crippen LogP contribution in [0.25, 0.3) is 0 Å². The zero-order valence-corrected chi connectivity index (χ0v) is 15.8. The van der Waals surface area contributed by atoms with Crippen molar-refractivity contribution in [2.75, 3.05) is 16.0 Å². The molecule has 1 fully saturated rings. The molecule has 3 amide bonds. The number of hydrogen-bond acceptors (Lipinski definition) is 4. The number of carbonyl (C=O) groups is 3. The highest BCUT2D eigenvalue weighted by atomic mass is 32.1. The second-order valence-electron chi connectivity index (χ2n) is 6.55. The van der Waals surface area contributed by atoms with Gasteiger partial charge in [-0.1, -0.05) is 6.07 Å². The molecule has 7 heteroatoms. The van der Waals surface area contributed by atoms with Gasteiger partial charge in [0.2, 0.25) is 11.8 Å². The molecule has 0 spiro atoms. The molecule has 136 valence electrons. The van der Waals surface area contributed by atoms with E-state index in [4.69, 9.17) is 0 Å². The quantitative estimate of drug-likeness (QED) is 0.744. The SMILES string of the molecule is CC(=O)Nc1cc(NC(=O)c2sc(NC(=O)C3CC3)cc2C)ccc1C. The van der Waals surface area contributed by atoms with Crippen molar-refractivity contribution < 1.29 is 14.4 Å². The van der Waals surface area contributed by atoms with Crippen LogP contribution in [0.1, 0.15) is 40.6 Å². The Morgan fingerprint density at radius 1 is 1.00 bits per heavy atom. The second-order valence-corrected chi connectivity index (χ2v) is 7.60. The van der Waals surface area contributed by atoms with Gasteiger partial charge in [-0.25, -0.2) is 0 Å². The molecule has 26 heavy (non-hydrogen) atoms. The Morgan fingerprint density at radius 2 is 1.73 bits per heavy atom. The van der Waals surface area contributed by atoms with Gasteiger partial charge in [0.15, 0.2) is 0 Å². The number of rotatable bonds is 5. The summed E-state index contributed by atoms with van der Waals surface area (Å²) in [4.78, 5) is 36.3. The van der Waals surface area contributed by atoms with Crippen molar-refractivity contribution in [3.05, 3.63) is 40.3 Å². The summed E-state index contributed by atoms with van der Waals surface area (Å²) >= 11 is 1.26. The number of benzene rings is 1. The second kappa shape index (κ2) is 7.29. The van der Waals surface area contributed by atoms with Crippen LogP contribution >= 0.6 is 11.3 Å². The smallest absolute Gasteiger partial charge is 0.266 e. The molecule has 0 aliphatic heterocycles. The third-order valence-corrected chi connectivity index (χ3v) is 5.28. The van der Waals surface area contributed by atoms with E-state index in [0.717, 1.165) is 24.0 Å². The van der Waals surface area contributed by atoms with Crippen molar-refractivity contribution >= 4 is 45.4 Å². The van der Waals surface area contributed by atoms with E-state index in [-0.39, 0.29) is 23.6 Å². The van der Waals surface area contributed by atoms with Crippen LogP contribution in [-0.4, -0.2) is 17.7 Å². The van der Waals surface area contributed by atoms with Crippen LogP contribution in [-0.2, 0) is 9.59 Å². The fourth-order valence-corrected chi connectivity index (χ4v) is 3.52. The standard InChI is InChI=1S/C19H21N3O3S/c1-10-4-7-14(9-15(10)20-12(3)23)21-19(25)17-11(2)8-16(26-17)22-18(24)13-5-6-13/h4,7-9,13H,5-6H2,1-3H3,(H,20,23)(H,21,25)(H,22,24). The van der Waals surface area contributed by atoms with Gasteiger partial charge in [0, 0.05) is 24.2 Å². The normalized spacial score (nSPS) is 13.2. The van der Waals surface area contributed by atoms with Crippen molar-refractivity contribution in [1.82, 2.24) is 0 Å². The van der Waals surface area contributed by atoms with Crippen LogP contribution in [0, 0.1) is 19.8 Å². The van der Waals surface area contributed by atoms with E-state index in [2.05, 4.69) is 16.0 Å². The molecule has 6 nitrogen and oxygen atoms in total. The molecule has 3 N–H and O–H groups in total. The third kappa shape index (κ3) is 4.29. The number of aryl methyl sites for hydroxylation is 2. The van der Waals surface area contributed by atoms with Gasteiger partial charge < -0.3 is 16.0 Å². The van der Waals surface area contributed by atoms with Gasteiger partial charge in [0.25, 0.3) is 5.91 Å². The highest BCUT2D eigenvalue weighted by molar-refractivity contribution is 7.18. The summed E-state index contributed by atoms with van der Waals surface area (Å²) in [7, 11) is 0. The Hall–Kier alpha value is -2.67. The lowest BCUT2D eigenvalue weighted by Gasteiger charge is -2.10. The number of amides is 3. The highest BCUT2D eigenvalue weighted by Crippen LogP contribution is 2.33. The number of hydrogen-bond donors (Lipinski definition) is 3. The highest BCUT2D eigenvalue weighted by Gasteiger charge is 2.30. The first-order valence-corrected chi connectivity index (χ1v) is 9.26. The Morgan fingerprint density at radius 3 is 2.38 bits per heavy atom. The van der Waals surface area contributed by atoms with Gasteiger partial charge in [-0.05, 0) is 56.0 Å². The molecule has 2 aromatic rings. The summed E-state index contributed by atoms with van der Waals surface area (Å²) in [5, 5.41) is 9.16. The van der Waals surface area contributed by atoms with Crippen molar-refractivity contribution in [2.45, 2.75) is 33.6 Å². The zero-order valence-electron chi connectivity index (χ0n) is 14.9. The fraction of sp³-hybridized carbons (Fsp3) is 0.316. The van der Waals surface area contributed by atoms with Crippen molar-refractivity contribution in [3.63, 3.8) is 0 Å². The molecule has 0 unspecified atom stereocenters. The molecule has 1 heterocycles.